The van der Waals surface area contributed by atoms with Crippen molar-refractivity contribution in [3.05, 3.63) is 23.9 Å². The molecule has 104 valence electrons. The molecule has 0 aliphatic carbocycles. The van der Waals surface area contributed by atoms with Crippen LogP contribution in [-0.2, 0) is 4.79 Å². The van der Waals surface area contributed by atoms with Crippen LogP contribution in [0.3, 0.4) is 0 Å². The van der Waals surface area contributed by atoms with E-state index >= 15 is 0 Å². The Morgan fingerprint density at radius 1 is 1.47 bits per heavy atom. The zero-order valence-corrected chi connectivity index (χ0v) is 11.1. The summed E-state index contributed by atoms with van der Waals surface area (Å²) in [7, 11) is 0. The first kappa shape index (κ1) is 14.2. The summed E-state index contributed by atoms with van der Waals surface area (Å²) < 4.78 is 36.8. The van der Waals surface area contributed by atoms with Crippen LogP contribution in [0.5, 0.6) is 0 Å². The van der Waals surface area contributed by atoms with Gasteiger partial charge in [-0.25, -0.2) is 4.98 Å². The molecule has 7 heteroatoms. The van der Waals surface area contributed by atoms with Crippen LogP contribution < -0.4 is 0 Å². The molecule has 0 spiro atoms. The number of likely N-dealkylation sites (tertiary alicyclic amines) is 1. The number of amides is 1. The van der Waals surface area contributed by atoms with E-state index in [1.807, 2.05) is 13.0 Å². The topological polar surface area (TPSA) is 33.2 Å². The van der Waals surface area contributed by atoms with E-state index < -0.39 is 23.9 Å². The monoisotopic (exact) mass is 290 g/mol. The third-order valence-corrected chi connectivity index (χ3v) is 3.97. The lowest BCUT2D eigenvalue weighted by Gasteiger charge is -2.18. The molecule has 0 aromatic carbocycles. The number of aryl methyl sites for hydroxylation is 1. The molecule has 1 aliphatic rings. The summed E-state index contributed by atoms with van der Waals surface area (Å²) in [6.45, 7) is 0.888. The summed E-state index contributed by atoms with van der Waals surface area (Å²) in [5.41, 5.74) is 1.00. The summed E-state index contributed by atoms with van der Waals surface area (Å²) in [4.78, 5) is 16.8. The van der Waals surface area contributed by atoms with Gasteiger partial charge in [0, 0.05) is 12.7 Å². The van der Waals surface area contributed by atoms with E-state index in [1.165, 1.54) is 11.8 Å². The minimum atomic E-state index is -4.34. The fourth-order valence-electron chi connectivity index (χ4n) is 1.86. The van der Waals surface area contributed by atoms with Crippen LogP contribution in [0.4, 0.5) is 13.2 Å². The third-order valence-electron chi connectivity index (χ3n) is 2.77. The Bertz CT molecular complexity index is 461. The number of carbonyl (C=O) groups is 1. The first-order valence-corrected chi connectivity index (χ1v) is 6.68. The van der Waals surface area contributed by atoms with E-state index in [0.29, 0.717) is 11.4 Å². The molecule has 2 rings (SSSR count). The summed E-state index contributed by atoms with van der Waals surface area (Å²) in [5.74, 6) is -0.454. The average molecular weight is 290 g/mol. The fourth-order valence-corrected chi connectivity index (χ4v) is 2.89. The van der Waals surface area contributed by atoms with Gasteiger partial charge in [0.2, 0.25) is 5.91 Å². The Morgan fingerprint density at radius 2 is 2.21 bits per heavy atom. The number of alkyl halides is 3. The number of hydrogen-bond acceptors (Lipinski definition) is 3. The molecule has 2 heterocycles. The van der Waals surface area contributed by atoms with Crippen molar-refractivity contribution in [2.24, 2.45) is 0 Å². The predicted molar refractivity (Wildman–Crippen MR) is 65.9 cm³/mol. The second-order valence-corrected chi connectivity index (χ2v) is 5.67. The molecule has 0 radical (unpaired) electrons. The molecule has 1 atom stereocenters. The highest BCUT2D eigenvalue weighted by molar-refractivity contribution is 8.00. The maximum absolute atomic E-state index is 12.3. The number of carbonyl (C=O) groups excluding carboxylic acids is 1. The lowest BCUT2D eigenvalue weighted by molar-refractivity contribution is -0.157. The van der Waals surface area contributed by atoms with Gasteiger partial charge in [-0.1, -0.05) is 17.8 Å². The van der Waals surface area contributed by atoms with Crippen molar-refractivity contribution in [1.82, 2.24) is 9.88 Å². The fraction of sp³-hybridized carbons (Fsp3) is 0.500. The summed E-state index contributed by atoms with van der Waals surface area (Å²) in [6.07, 6.45) is -2.23. The molecule has 1 fully saturated rings. The number of thioether (sulfide) groups is 1. The summed E-state index contributed by atoms with van der Waals surface area (Å²) in [6, 6.07) is 3.64. The van der Waals surface area contributed by atoms with Crippen LogP contribution in [0.1, 0.15) is 12.0 Å². The van der Waals surface area contributed by atoms with Crippen molar-refractivity contribution in [1.29, 1.82) is 0 Å². The Labute approximate surface area is 113 Å². The van der Waals surface area contributed by atoms with E-state index in [1.54, 1.807) is 12.3 Å². The van der Waals surface area contributed by atoms with Gasteiger partial charge in [-0.15, -0.1) is 0 Å². The van der Waals surface area contributed by atoms with Gasteiger partial charge in [0.1, 0.15) is 6.54 Å². The van der Waals surface area contributed by atoms with Crippen molar-refractivity contribution in [2.45, 2.75) is 29.8 Å². The van der Waals surface area contributed by atoms with Gasteiger partial charge in [-0.05, 0) is 25.0 Å². The van der Waals surface area contributed by atoms with Gasteiger partial charge in [-0.2, -0.15) is 13.2 Å². The van der Waals surface area contributed by atoms with Gasteiger partial charge in [0.05, 0.1) is 10.3 Å². The number of aromatic nitrogens is 1. The highest BCUT2D eigenvalue weighted by atomic mass is 32.2. The van der Waals surface area contributed by atoms with E-state index in [9.17, 15) is 18.0 Å². The molecule has 0 bridgehead atoms. The molecule has 1 amide bonds. The van der Waals surface area contributed by atoms with Crippen LogP contribution in [0.2, 0.25) is 0 Å². The number of nitrogens with zero attached hydrogens (tertiary/aromatic N) is 2. The van der Waals surface area contributed by atoms with Crippen LogP contribution >= 0.6 is 11.8 Å². The molecule has 0 N–H and O–H groups in total. The molecule has 3 nitrogen and oxygen atoms in total. The molecule has 1 aromatic rings. The minimum absolute atomic E-state index is 0.155. The van der Waals surface area contributed by atoms with Gasteiger partial charge in [0.15, 0.2) is 0 Å². The van der Waals surface area contributed by atoms with E-state index in [-0.39, 0.29) is 6.54 Å². The van der Waals surface area contributed by atoms with E-state index in [0.717, 1.165) is 10.5 Å². The van der Waals surface area contributed by atoms with E-state index in [4.69, 9.17) is 0 Å². The summed E-state index contributed by atoms with van der Waals surface area (Å²) in [5, 5.41) is 0.204. The molecule has 19 heavy (non-hydrogen) atoms. The van der Waals surface area contributed by atoms with Crippen molar-refractivity contribution in [3.8, 4) is 0 Å². The first-order valence-electron chi connectivity index (χ1n) is 5.80. The third kappa shape index (κ3) is 3.86. The Balaban J connectivity index is 1.96. The maximum atomic E-state index is 12.3. The first-order chi connectivity index (χ1) is 8.85. The molecular formula is C12H13F3N2OS. The van der Waals surface area contributed by atoms with Gasteiger partial charge in [-0.3, -0.25) is 4.79 Å². The normalized spacial score (nSPS) is 20.1. The second kappa shape index (κ2) is 5.40. The standard InChI is InChI=1S/C12H13F3N2OS/c1-8-2-3-10(16-6-8)19-9-4-5-17(11(9)18)7-12(13,14)15/h2-3,6,9H,4-5,7H2,1H3. The maximum Gasteiger partial charge on any atom is 0.406 e. The molecule has 1 unspecified atom stereocenters. The van der Waals surface area contributed by atoms with Gasteiger partial charge in [0.25, 0.3) is 0 Å². The lowest BCUT2D eigenvalue weighted by Crippen LogP contribution is -2.36. The molecular weight excluding hydrogens is 277 g/mol. The minimum Gasteiger partial charge on any atom is -0.333 e. The van der Waals surface area contributed by atoms with Crippen LogP contribution in [0.25, 0.3) is 0 Å². The van der Waals surface area contributed by atoms with Crippen molar-refractivity contribution in [2.75, 3.05) is 13.1 Å². The molecule has 1 saturated heterocycles. The zero-order valence-electron chi connectivity index (χ0n) is 10.3. The Hall–Kier alpha value is -1.24. The Kier molecular flexibility index (Phi) is 4.03. The zero-order chi connectivity index (χ0) is 14.0. The number of hydrogen-bond donors (Lipinski definition) is 0. The van der Waals surface area contributed by atoms with Gasteiger partial charge >= 0.3 is 6.18 Å². The molecule has 1 aromatic heterocycles. The summed E-state index contributed by atoms with van der Waals surface area (Å²) >= 11 is 1.23. The number of pyridine rings is 1. The lowest BCUT2D eigenvalue weighted by atomic mass is 10.3. The SMILES string of the molecule is Cc1ccc(SC2CCN(CC(F)(F)F)C2=O)nc1. The molecule has 0 saturated carbocycles. The highest BCUT2D eigenvalue weighted by Gasteiger charge is 2.39. The quantitative estimate of drug-likeness (QED) is 0.858. The largest absolute Gasteiger partial charge is 0.406 e. The van der Waals surface area contributed by atoms with Crippen LogP contribution in [0, 0.1) is 6.92 Å². The second-order valence-electron chi connectivity index (χ2n) is 4.44. The van der Waals surface area contributed by atoms with Gasteiger partial charge < -0.3 is 4.90 Å². The smallest absolute Gasteiger partial charge is 0.333 e. The van der Waals surface area contributed by atoms with Crippen LogP contribution in [-0.4, -0.2) is 40.3 Å². The van der Waals surface area contributed by atoms with E-state index in [2.05, 4.69) is 4.98 Å². The number of halogens is 3. The number of rotatable bonds is 3. The van der Waals surface area contributed by atoms with Crippen LogP contribution in [0.15, 0.2) is 23.4 Å². The average Bonchev–Trinajstić information content (AvgIpc) is 2.63. The molecule has 1 aliphatic heterocycles. The van der Waals surface area contributed by atoms with Crippen molar-refractivity contribution in [3.63, 3.8) is 0 Å². The van der Waals surface area contributed by atoms with Crippen molar-refractivity contribution >= 4 is 17.7 Å². The predicted octanol–water partition coefficient (Wildman–Crippen LogP) is 2.65. The Morgan fingerprint density at radius 3 is 2.79 bits per heavy atom. The van der Waals surface area contributed by atoms with Crippen molar-refractivity contribution < 1.29 is 18.0 Å². The highest BCUT2D eigenvalue weighted by Crippen LogP contribution is 2.31.